The summed E-state index contributed by atoms with van der Waals surface area (Å²) in [6.07, 6.45) is 0.608. The number of methoxy groups -OCH3 is 2. The van der Waals surface area contributed by atoms with Crippen LogP contribution in [0.2, 0.25) is 0 Å². The monoisotopic (exact) mass is 689 g/mol. The first-order valence-corrected chi connectivity index (χ1v) is 17.2. The van der Waals surface area contributed by atoms with E-state index < -0.39 is 11.8 Å². The Morgan fingerprint density at radius 1 is 0.900 bits per heavy atom. The molecule has 0 N–H and O–H groups in total. The van der Waals surface area contributed by atoms with Crippen LogP contribution in [0.3, 0.4) is 0 Å². The van der Waals surface area contributed by atoms with Crippen molar-refractivity contribution in [3.8, 4) is 5.75 Å². The quantitative estimate of drug-likeness (QED) is 0.119. The lowest BCUT2D eigenvalue weighted by Gasteiger charge is -2.46. The van der Waals surface area contributed by atoms with Crippen molar-refractivity contribution in [2.45, 2.75) is 72.0 Å². The maximum atomic E-state index is 13.2. The third-order valence-electron chi connectivity index (χ3n) is 9.35. The van der Waals surface area contributed by atoms with Gasteiger partial charge in [0.1, 0.15) is 12.4 Å². The number of benzene rings is 3. The van der Waals surface area contributed by atoms with Crippen molar-refractivity contribution in [3.05, 3.63) is 101 Å². The van der Waals surface area contributed by atoms with E-state index in [0.717, 1.165) is 22.3 Å². The third kappa shape index (κ3) is 10.5. The standard InChI is InChI=1S/C40H51NO9/c1-28-24-40(38(43)46-6,50-37(30(28)3)29(2)26-47-31(4)42)49-22-20-35-18-17-32(23-36(35)45-5)19-21-41(25-33-13-9-7-10-14-33)39(44)48-27-34-15-11-8-12-16-34/h7-18,23,28-30,37H,19-22,24-27H2,1-6H3/t28-,29-,30-,37?,40-/m1/s1. The summed E-state index contributed by atoms with van der Waals surface area (Å²) in [5.41, 5.74) is 3.83. The van der Waals surface area contributed by atoms with Crippen molar-refractivity contribution >= 4 is 18.0 Å². The molecule has 0 aromatic heterocycles. The third-order valence-corrected chi connectivity index (χ3v) is 9.35. The molecule has 3 aromatic rings. The Morgan fingerprint density at radius 2 is 1.58 bits per heavy atom. The minimum atomic E-state index is -1.58. The van der Waals surface area contributed by atoms with Crippen molar-refractivity contribution in [2.75, 3.05) is 34.0 Å². The van der Waals surface area contributed by atoms with Gasteiger partial charge < -0.3 is 33.3 Å². The molecule has 10 heteroatoms. The van der Waals surface area contributed by atoms with Crippen LogP contribution in [0.1, 0.15) is 56.4 Å². The van der Waals surface area contributed by atoms with Gasteiger partial charge in [0.2, 0.25) is 0 Å². The summed E-state index contributed by atoms with van der Waals surface area (Å²) in [5, 5.41) is 0. The van der Waals surface area contributed by atoms with Crippen LogP contribution in [0, 0.1) is 17.8 Å². The topological polar surface area (TPSA) is 110 Å². The molecule has 0 spiro atoms. The van der Waals surface area contributed by atoms with Gasteiger partial charge in [-0.1, -0.05) is 93.6 Å². The highest BCUT2D eigenvalue weighted by molar-refractivity contribution is 5.78. The predicted octanol–water partition coefficient (Wildman–Crippen LogP) is 6.77. The molecule has 1 aliphatic heterocycles. The van der Waals surface area contributed by atoms with Crippen molar-refractivity contribution in [1.82, 2.24) is 4.90 Å². The maximum Gasteiger partial charge on any atom is 0.410 e. The van der Waals surface area contributed by atoms with Crippen LogP contribution in [-0.4, -0.2) is 68.8 Å². The lowest BCUT2D eigenvalue weighted by molar-refractivity contribution is -0.303. The van der Waals surface area contributed by atoms with Gasteiger partial charge in [-0.3, -0.25) is 4.79 Å². The SMILES string of the molecule is COC(=O)[C@@]1(OCCc2ccc(CCN(Cc3ccccc3)C(=O)OCc3ccccc3)cc2OC)C[C@@H](C)[C@@H](C)C([C@H](C)COC(C)=O)O1. The number of hydrogen-bond donors (Lipinski definition) is 0. The predicted molar refractivity (Wildman–Crippen MR) is 188 cm³/mol. The minimum Gasteiger partial charge on any atom is -0.496 e. The maximum absolute atomic E-state index is 13.2. The summed E-state index contributed by atoms with van der Waals surface area (Å²) in [7, 11) is 2.94. The number of carbonyl (C=O) groups excluding carboxylic acids is 3. The highest BCUT2D eigenvalue weighted by atomic mass is 16.7. The lowest BCUT2D eigenvalue weighted by Crippen LogP contribution is -2.57. The Kier molecular flexibility index (Phi) is 14.2. The van der Waals surface area contributed by atoms with E-state index in [-0.39, 0.29) is 55.7 Å². The molecule has 3 aromatic carbocycles. The summed E-state index contributed by atoms with van der Waals surface area (Å²) >= 11 is 0. The molecule has 1 unspecified atom stereocenters. The van der Waals surface area contributed by atoms with E-state index in [4.69, 9.17) is 28.4 Å². The second kappa shape index (κ2) is 18.5. The van der Waals surface area contributed by atoms with Crippen molar-refractivity contribution in [2.24, 2.45) is 17.8 Å². The first-order valence-electron chi connectivity index (χ1n) is 17.2. The van der Waals surface area contributed by atoms with E-state index in [9.17, 15) is 14.4 Å². The van der Waals surface area contributed by atoms with Crippen LogP contribution in [0.5, 0.6) is 5.75 Å². The number of hydrogen-bond acceptors (Lipinski definition) is 9. The van der Waals surface area contributed by atoms with Gasteiger partial charge in [-0.15, -0.1) is 0 Å². The fourth-order valence-electron chi connectivity index (χ4n) is 6.32. The highest BCUT2D eigenvalue weighted by Crippen LogP contribution is 2.41. The van der Waals surface area contributed by atoms with Gasteiger partial charge in [-0.2, -0.15) is 0 Å². The number of esters is 2. The Hall–Kier alpha value is -4.41. The zero-order valence-corrected chi connectivity index (χ0v) is 30.1. The van der Waals surface area contributed by atoms with Crippen LogP contribution in [0.15, 0.2) is 78.9 Å². The number of ether oxygens (including phenoxy) is 6. The summed E-state index contributed by atoms with van der Waals surface area (Å²) in [4.78, 5) is 39.5. The molecule has 1 saturated heterocycles. The van der Waals surface area contributed by atoms with E-state index in [1.54, 1.807) is 12.0 Å². The van der Waals surface area contributed by atoms with Gasteiger partial charge in [-0.05, 0) is 53.0 Å². The molecule has 1 heterocycles. The van der Waals surface area contributed by atoms with Gasteiger partial charge in [-0.25, -0.2) is 9.59 Å². The Morgan fingerprint density at radius 3 is 2.22 bits per heavy atom. The largest absolute Gasteiger partial charge is 0.496 e. The average molecular weight is 690 g/mol. The van der Waals surface area contributed by atoms with Crippen LogP contribution >= 0.6 is 0 Å². The fraction of sp³-hybridized carbons (Fsp3) is 0.475. The molecule has 0 saturated carbocycles. The number of amides is 1. The average Bonchev–Trinajstić information content (AvgIpc) is 3.13. The van der Waals surface area contributed by atoms with Crippen LogP contribution in [0.4, 0.5) is 4.79 Å². The molecule has 0 aliphatic carbocycles. The molecule has 1 fully saturated rings. The normalized spacial score (nSPS) is 20.7. The highest BCUT2D eigenvalue weighted by Gasteiger charge is 2.52. The van der Waals surface area contributed by atoms with Crippen molar-refractivity contribution in [3.63, 3.8) is 0 Å². The van der Waals surface area contributed by atoms with Gasteiger partial charge in [0.05, 0.1) is 33.5 Å². The van der Waals surface area contributed by atoms with E-state index in [2.05, 4.69) is 13.8 Å². The second-order valence-corrected chi connectivity index (χ2v) is 13.1. The smallest absolute Gasteiger partial charge is 0.410 e. The molecule has 270 valence electrons. The van der Waals surface area contributed by atoms with Crippen LogP contribution < -0.4 is 4.74 Å². The minimum absolute atomic E-state index is 0.0820. The van der Waals surface area contributed by atoms with Gasteiger partial charge >= 0.3 is 18.0 Å². The molecule has 1 amide bonds. The Balaban J connectivity index is 1.41. The molecule has 10 nitrogen and oxygen atoms in total. The van der Waals surface area contributed by atoms with E-state index in [1.165, 1.54) is 14.0 Å². The van der Waals surface area contributed by atoms with Crippen LogP contribution in [0.25, 0.3) is 0 Å². The Labute approximate surface area is 295 Å². The molecule has 4 rings (SSSR count). The van der Waals surface area contributed by atoms with Crippen molar-refractivity contribution < 1.29 is 42.8 Å². The zero-order chi connectivity index (χ0) is 36.1. The van der Waals surface area contributed by atoms with E-state index in [1.807, 2.05) is 85.8 Å². The number of rotatable bonds is 16. The van der Waals surface area contributed by atoms with E-state index in [0.29, 0.717) is 38.1 Å². The first-order chi connectivity index (χ1) is 24.0. The molecular formula is C40H51NO9. The number of carbonyl (C=O) groups is 3. The van der Waals surface area contributed by atoms with Gasteiger partial charge in [0.25, 0.3) is 5.79 Å². The summed E-state index contributed by atoms with van der Waals surface area (Å²) < 4.78 is 34.6. The van der Waals surface area contributed by atoms with E-state index >= 15 is 0 Å². The molecule has 50 heavy (non-hydrogen) atoms. The summed E-state index contributed by atoms with van der Waals surface area (Å²) in [6, 6.07) is 25.4. The molecule has 1 aliphatic rings. The number of nitrogens with zero attached hydrogens (tertiary/aromatic N) is 1. The lowest BCUT2D eigenvalue weighted by atomic mass is 9.78. The molecule has 0 bridgehead atoms. The molecule has 5 atom stereocenters. The van der Waals surface area contributed by atoms with Gasteiger partial charge in [0, 0.05) is 32.4 Å². The van der Waals surface area contributed by atoms with Crippen LogP contribution in [-0.2, 0) is 59.3 Å². The van der Waals surface area contributed by atoms with Gasteiger partial charge in [0.15, 0.2) is 0 Å². The zero-order valence-electron chi connectivity index (χ0n) is 30.1. The molecular weight excluding hydrogens is 638 g/mol. The molecule has 0 radical (unpaired) electrons. The second-order valence-electron chi connectivity index (χ2n) is 13.1. The summed E-state index contributed by atoms with van der Waals surface area (Å²) in [5.74, 6) is -1.84. The van der Waals surface area contributed by atoms with Crippen molar-refractivity contribution in [1.29, 1.82) is 0 Å². The summed E-state index contributed by atoms with van der Waals surface area (Å²) in [6.45, 7) is 8.86. The Bertz CT molecular complexity index is 1530. The first kappa shape index (κ1) is 38.4. The fourth-order valence-corrected chi connectivity index (χ4v) is 6.32.